The van der Waals surface area contributed by atoms with Gasteiger partial charge in [-0.3, -0.25) is 4.79 Å². The first-order valence-electron chi connectivity index (χ1n) is 11.4. The fraction of sp³-hybridized carbons (Fsp3) is 0.192. The summed E-state index contributed by atoms with van der Waals surface area (Å²) in [6.07, 6.45) is 1.84. The highest BCUT2D eigenvalue weighted by Crippen LogP contribution is 2.43. The molecule has 5 aromatic rings. The van der Waals surface area contributed by atoms with Gasteiger partial charge in [0, 0.05) is 23.5 Å². The Labute approximate surface area is 201 Å². The number of rotatable bonds is 5. The summed E-state index contributed by atoms with van der Waals surface area (Å²) in [4.78, 5) is 12.9. The zero-order valence-electron chi connectivity index (χ0n) is 19.3. The van der Waals surface area contributed by atoms with Gasteiger partial charge in [-0.2, -0.15) is 14.3 Å². The monoisotopic (exact) mass is 465 g/mol. The van der Waals surface area contributed by atoms with Crippen LogP contribution in [-0.4, -0.2) is 35.5 Å². The fourth-order valence-corrected chi connectivity index (χ4v) is 4.56. The van der Waals surface area contributed by atoms with Gasteiger partial charge >= 0.3 is 0 Å². The molecule has 1 atom stereocenters. The van der Waals surface area contributed by atoms with Crippen LogP contribution >= 0.6 is 0 Å². The van der Waals surface area contributed by atoms with Crippen LogP contribution in [0.4, 0.5) is 5.82 Å². The molecule has 3 aromatic heterocycles. The van der Waals surface area contributed by atoms with E-state index in [0.29, 0.717) is 30.3 Å². The summed E-state index contributed by atoms with van der Waals surface area (Å²) >= 11 is 0. The van der Waals surface area contributed by atoms with E-state index < -0.39 is 0 Å². The van der Waals surface area contributed by atoms with E-state index in [1.54, 1.807) is 9.20 Å². The summed E-state index contributed by atoms with van der Waals surface area (Å²) in [5.74, 6) is 1.67. The van der Waals surface area contributed by atoms with Crippen LogP contribution < -0.4 is 10.1 Å². The number of hydrogen-bond acceptors (Lipinski definition) is 6. The van der Waals surface area contributed by atoms with Gasteiger partial charge in [-0.1, -0.05) is 48.0 Å². The van der Waals surface area contributed by atoms with Crippen molar-refractivity contribution in [2.24, 2.45) is 0 Å². The Kier molecular flexibility index (Phi) is 5.02. The van der Waals surface area contributed by atoms with Crippen LogP contribution in [0.25, 0.3) is 11.5 Å². The Morgan fingerprint density at radius 2 is 1.86 bits per heavy atom. The number of fused-ring (bicyclic) bond motifs is 2. The number of carbonyl (C=O) groups is 1. The molecule has 0 fully saturated rings. The molecule has 1 amide bonds. The molecule has 1 aliphatic heterocycles. The Bertz CT molecular complexity index is 1550. The molecule has 174 valence electrons. The van der Waals surface area contributed by atoms with Gasteiger partial charge in [0.2, 0.25) is 5.91 Å². The number of hydrogen-bond donors (Lipinski definition) is 1. The lowest BCUT2D eigenvalue weighted by Gasteiger charge is -2.26. The molecule has 1 N–H and O–H groups in total. The molecule has 0 spiro atoms. The maximum absolute atomic E-state index is 12.9. The van der Waals surface area contributed by atoms with Crippen molar-refractivity contribution in [3.05, 3.63) is 94.9 Å². The highest BCUT2D eigenvalue weighted by molar-refractivity contribution is 5.95. The molecule has 0 radical (unpaired) electrons. The first-order valence-corrected chi connectivity index (χ1v) is 11.4. The number of nitrogens with zero attached hydrogens (tertiary/aromatic N) is 6. The molecule has 35 heavy (non-hydrogen) atoms. The molecule has 0 bridgehead atoms. The molecule has 0 saturated heterocycles. The van der Waals surface area contributed by atoms with Gasteiger partial charge in [0.1, 0.15) is 24.5 Å². The molecule has 9 heteroatoms. The maximum atomic E-state index is 12.9. The third-order valence-electron chi connectivity index (χ3n) is 6.28. The van der Waals surface area contributed by atoms with E-state index in [0.717, 1.165) is 28.1 Å². The summed E-state index contributed by atoms with van der Waals surface area (Å²) in [7, 11) is 0. The molecule has 9 nitrogen and oxygen atoms in total. The van der Waals surface area contributed by atoms with Crippen LogP contribution in [0.1, 0.15) is 40.3 Å². The lowest BCUT2D eigenvalue weighted by atomic mass is 9.85. The average Bonchev–Trinajstić information content (AvgIpc) is 3.47. The van der Waals surface area contributed by atoms with Gasteiger partial charge in [0.25, 0.3) is 0 Å². The van der Waals surface area contributed by atoms with Crippen molar-refractivity contribution in [1.82, 2.24) is 29.6 Å². The first kappa shape index (κ1) is 21.0. The SMILES string of the molecule is Cc1ccc(COc2ccccc2C2CC(=O)Nc3c2c(C)nn3-c2ccc3nncn3n2)cc1. The van der Waals surface area contributed by atoms with E-state index in [4.69, 9.17) is 9.84 Å². The van der Waals surface area contributed by atoms with Crippen molar-refractivity contribution < 1.29 is 9.53 Å². The maximum Gasteiger partial charge on any atom is 0.226 e. The number of para-hydroxylation sites is 1. The highest BCUT2D eigenvalue weighted by Gasteiger charge is 2.34. The smallest absolute Gasteiger partial charge is 0.226 e. The van der Waals surface area contributed by atoms with E-state index in [2.05, 4.69) is 51.8 Å². The second kappa shape index (κ2) is 8.35. The van der Waals surface area contributed by atoms with E-state index in [-0.39, 0.29) is 11.8 Å². The molecular weight excluding hydrogens is 442 g/mol. The number of anilines is 1. The van der Waals surface area contributed by atoms with Crippen LogP contribution in [0.15, 0.2) is 67.0 Å². The molecule has 1 aliphatic rings. The zero-order chi connectivity index (χ0) is 23.9. The summed E-state index contributed by atoms with van der Waals surface area (Å²) in [6.45, 7) is 4.46. The third-order valence-corrected chi connectivity index (χ3v) is 6.28. The minimum absolute atomic E-state index is 0.0811. The van der Waals surface area contributed by atoms with Gasteiger partial charge in [0.05, 0.1) is 5.69 Å². The lowest BCUT2D eigenvalue weighted by molar-refractivity contribution is -0.116. The van der Waals surface area contributed by atoms with Crippen molar-refractivity contribution >= 4 is 17.4 Å². The zero-order valence-corrected chi connectivity index (χ0v) is 19.3. The topological polar surface area (TPSA) is 99.2 Å². The van der Waals surface area contributed by atoms with E-state index in [9.17, 15) is 4.79 Å². The molecule has 0 aliphatic carbocycles. The van der Waals surface area contributed by atoms with Crippen LogP contribution in [0.3, 0.4) is 0 Å². The largest absolute Gasteiger partial charge is 0.489 e. The van der Waals surface area contributed by atoms with E-state index in [1.165, 1.54) is 11.9 Å². The molecule has 0 saturated carbocycles. The van der Waals surface area contributed by atoms with Crippen LogP contribution in [0, 0.1) is 13.8 Å². The van der Waals surface area contributed by atoms with Crippen LogP contribution in [0.5, 0.6) is 5.75 Å². The molecule has 2 aromatic carbocycles. The van der Waals surface area contributed by atoms with Crippen molar-refractivity contribution in [1.29, 1.82) is 0 Å². The quantitative estimate of drug-likeness (QED) is 0.422. The van der Waals surface area contributed by atoms with Crippen molar-refractivity contribution in [3.8, 4) is 11.6 Å². The number of carbonyl (C=O) groups excluding carboxylic acids is 1. The Morgan fingerprint density at radius 3 is 2.71 bits per heavy atom. The molecule has 1 unspecified atom stereocenters. The lowest BCUT2D eigenvalue weighted by Crippen LogP contribution is -2.25. The van der Waals surface area contributed by atoms with Crippen LogP contribution in [0.2, 0.25) is 0 Å². The Hall–Kier alpha value is -4.53. The van der Waals surface area contributed by atoms with Gasteiger partial charge < -0.3 is 10.1 Å². The molecule has 6 rings (SSSR count). The number of aryl methyl sites for hydroxylation is 2. The minimum Gasteiger partial charge on any atom is -0.489 e. The van der Waals surface area contributed by atoms with E-state index in [1.807, 2.05) is 43.3 Å². The number of ether oxygens (including phenoxy) is 1. The minimum atomic E-state index is -0.194. The van der Waals surface area contributed by atoms with Gasteiger partial charge in [-0.15, -0.1) is 15.3 Å². The average molecular weight is 466 g/mol. The van der Waals surface area contributed by atoms with Crippen molar-refractivity contribution in [3.63, 3.8) is 0 Å². The molecular formula is C26H23N7O2. The van der Waals surface area contributed by atoms with Crippen molar-refractivity contribution in [2.75, 3.05) is 5.32 Å². The summed E-state index contributed by atoms with van der Waals surface area (Å²) < 4.78 is 9.50. The van der Waals surface area contributed by atoms with Gasteiger partial charge in [0.15, 0.2) is 11.5 Å². The predicted octanol–water partition coefficient (Wildman–Crippen LogP) is 3.98. The third kappa shape index (κ3) is 3.80. The first-order chi connectivity index (χ1) is 17.1. The number of nitrogens with one attached hydrogen (secondary N) is 1. The van der Waals surface area contributed by atoms with Gasteiger partial charge in [-0.05, 0) is 37.6 Å². The van der Waals surface area contributed by atoms with Gasteiger partial charge in [-0.25, -0.2) is 0 Å². The summed E-state index contributed by atoms with van der Waals surface area (Å²) in [5.41, 5.74) is 5.67. The second-order valence-corrected chi connectivity index (χ2v) is 8.70. The fourth-order valence-electron chi connectivity index (χ4n) is 4.56. The standard InChI is InChI=1S/C26H23N7O2/c1-16-7-9-18(10-8-16)14-35-21-6-4-3-5-19(21)20-13-24(34)28-26-25(20)17(2)30-33(26)23-12-11-22-29-27-15-32(22)31-23/h3-12,15,20H,13-14H2,1-2H3,(H,28,34). The molecule has 4 heterocycles. The summed E-state index contributed by atoms with van der Waals surface area (Å²) in [5, 5.41) is 20.2. The summed E-state index contributed by atoms with van der Waals surface area (Å²) in [6, 6.07) is 19.8. The highest BCUT2D eigenvalue weighted by atomic mass is 16.5. The predicted molar refractivity (Wildman–Crippen MR) is 130 cm³/mol. The van der Waals surface area contributed by atoms with E-state index >= 15 is 0 Å². The number of amides is 1. The Balaban J connectivity index is 1.39. The normalized spacial score (nSPS) is 15.1. The number of aromatic nitrogens is 6. The number of benzene rings is 2. The Morgan fingerprint density at radius 1 is 1.03 bits per heavy atom. The van der Waals surface area contributed by atoms with Crippen molar-refractivity contribution in [2.45, 2.75) is 32.8 Å². The second-order valence-electron chi connectivity index (χ2n) is 8.70. The van der Waals surface area contributed by atoms with Crippen LogP contribution in [-0.2, 0) is 11.4 Å².